The lowest BCUT2D eigenvalue weighted by Crippen LogP contribution is -2.36. The highest BCUT2D eigenvalue weighted by atomic mass is 127. The van der Waals surface area contributed by atoms with E-state index in [9.17, 15) is 5.11 Å². The lowest BCUT2D eigenvalue weighted by molar-refractivity contribution is 0.203. The molecule has 1 heterocycles. The second-order valence-electron chi connectivity index (χ2n) is 8.14. The Morgan fingerprint density at radius 1 is 1.12 bits per heavy atom. The Labute approximate surface area is 209 Å². The first-order valence-corrected chi connectivity index (χ1v) is 11.2. The summed E-state index contributed by atoms with van der Waals surface area (Å²) in [5.74, 6) is 2.14. The van der Waals surface area contributed by atoms with Crippen molar-refractivity contribution in [3.05, 3.63) is 59.2 Å². The van der Waals surface area contributed by atoms with Crippen molar-refractivity contribution in [2.24, 2.45) is 10.9 Å². The number of aryl methyl sites for hydroxylation is 1. The molecule has 1 fully saturated rings. The Balaban J connectivity index is 0.00000363. The standard InChI is InChI=1S/C25H36N4O2.HI/c1-4-26-25(28-17-22-8-5-19(2)15-24(22)31-3)27-16-20-6-9-23(10-7-20)29-13-11-21(18-30)12-14-29;/h5-10,15,21,30H,4,11-14,16-18H2,1-3H3,(H2,26,27,28);1H. The average Bonchev–Trinajstić information content (AvgIpc) is 2.81. The van der Waals surface area contributed by atoms with E-state index in [0.29, 0.717) is 25.6 Å². The van der Waals surface area contributed by atoms with Crippen LogP contribution in [-0.2, 0) is 13.1 Å². The summed E-state index contributed by atoms with van der Waals surface area (Å²) in [6.45, 7) is 8.54. The van der Waals surface area contributed by atoms with Crippen LogP contribution in [0.15, 0.2) is 47.5 Å². The largest absolute Gasteiger partial charge is 0.496 e. The molecule has 3 rings (SSSR count). The van der Waals surface area contributed by atoms with E-state index in [2.05, 4.69) is 71.8 Å². The minimum Gasteiger partial charge on any atom is -0.496 e. The molecule has 7 heteroatoms. The van der Waals surface area contributed by atoms with Crippen LogP contribution in [0, 0.1) is 12.8 Å². The summed E-state index contributed by atoms with van der Waals surface area (Å²) in [6, 6.07) is 14.9. The van der Waals surface area contributed by atoms with Crippen LogP contribution in [0.3, 0.4) is 0 Å². The van der Waals surface area contributed by atoms with Gasteiger partial charge in [0.25, 0.3) is 0 Å². The van der Waals surface area contributed by atoms with Crippen molar-refractivity contribution < 1.29 is 9.84 Å². The normalized spacial score (nSPS) is 14.6. The Kier molecular flexibility index (Phi) is 11.1. The Bertz CT molecular complexity index is 850. The monoisotopic (exact) mass is 552 g/mol. The molecular formula is C25H37IN4O2. The van der Waals surface area contributed by atoms with Crippen molar-refractivity contribution in [1.29, 1.82) is 0 Å². The number of anilines is 1. The minimum atomic E-state index is 0. The summed E-state index contributed by atoms with van der Waals surface area (Å²) in [4.78, 5) is 7.15. The van der Waals surface area contributed by atoms with E-state index in [4.69, 9.17) is 9.73 Å². The molecule has 2 aromatic carbocycles. The predicted molar refractivity (Wildman–Crippen MR) is 143 cm³/mol. The Morgan fingerprint density at radius 3 is 2.47 bits per heavy atom. The summed E-state index contributed by atoms with van der Waals surface area (Å²) >= 11 is 0. The number of methoxy groups -OCH3 is 1. The zero-order valence-electron chi connectivity index (χ0n) is 19.4. The van der Waals surface area contributed by atoms with E-state index in [-0.39, 0.29) is 24.0 Å². The third-order valence-corrected chi connectivity index (χ3v) is 5.83. The van der Waals surface area contributed by atoms with E-state index >= 15 is 0 Å². The molecule has 0 aliphatic carbocycles. The van der Waals surface area contributed by atoms with Gasteiger partial charge < -0.3 is 25.4 Å². The molecule has 0 amide bonds. The van der Waals surface area contributed by atoms with Crippen molar-refractivity contribution in [2.45, 2.75) is 39.8 Å². The van der Waals surface area contributed by atoms with Gasteiger partial charge in [-0.2, -0.15) is 0 Å². The van der Waals surface area contributed by atoms with Gasteiger partial charge in [0.05, 0.1) is 13.7 Å². The number of nitrogens with one attached hydrogen (secondary N) is 2. The number of aliphatic imine (C=N–C) groups is 1. The molecule has 2 aromatic rings. The maximum absolute atomic E-state index is 9.32. The van der Waals surface area contributed by atoms with E-state index in [1.54, 1.807) is 7.11 Å². The molecule has 1 aliphatic heterocycles. The van der Waals surface area contributed by atoms with Crippen molar-refractivity contribution in [1.82, 2.24) is 10.6 Å². The summed E-state index contributed by atoms with van der Waals surface area (Å²) in [5, 5.41) is 16.0. The number of piperidine rings is 1. The average molecular weight is 553 g/mol. The summed E-state index contributed by atoms with van der Waals surface area (Å²) in [5.41, 5.74) is 4.72. The molecule has 6 nitrogen and oxygen atoms in total. The number of aliphatic hydroxyl groups is 1. The van der Waals surface area contributed by atoms with Gasteiger partial charge in [0, 0.05) is 44.0 Å². The van der Waals surface area contributed by atoms with Crippen molar-refractivity contribution >= 4 is 35.6 Å². The zero-order valence-corrected chi connectivity index (χ0v) is 21.8. The Hall–Kier alpha value is -2.00. The molecule has 3 N–H and O–H groups in total. The number of rotatable bonds is 8. The second-order valence-corrected chi connectivity index (χ2v) is 8.14. The van der Waals surface area contributed by atoms with Gasteiger partial charge in [0.2, 0.25) is 0 Å². The number of halogens is 1. The van der Waals surface area contributed by atoms with Crippen LogP contribution in [0.4, 0.5) is 5.69 Å². The van der Waals surface area contributed by atoms with Gasteiger partial charge in [-0.3, -0.25) is 0 Å². The first kappa shape index (κ1) is 26.3. The number of aliphatic hydroxyl groups excluding tert-OH is 1. The molecule has 32 heavy (non-hydrogen) atoms. The van der Waals surface area contributed by atoms with Crippen LogP contribution in [0.1, 0.15) is 36.5 Å². The maximum atomic E-state index is 9.32. The van der Waals surface area contributed by atoms with Crippen LogP contribution in [-0.4, -0.2) is 44.4 Å². The molecule has 0 atom stereocenters. The smallest absolute Gasteiger partial charge is 0.191 e. The van der Waals surface area contributed by atoms with E-state index in [1.807, 2.05) is 0 Å². The molecule has 0 spiro atoms. The lowest BCUT2D eigenvalue weighted by Gasteiger charge is -2.32. The second kappa shape index (κ2) is 13.5. The molecule has 1 saturated heterocycles. The Morgan fingerprint density at radius 2 is 1.84 bits per heavy atom. The van der Waals surface area contributed by atoms with Crippen molar-refractivity contribution in [3.8, 4) is 5.75 Å². The first-order valence-electron chi connectivity index (χ1n) is 11.2. The summed E-state index contributed by atoms with van der Waals surface area (Å²) < 4.78 is 5.50. The third kappa shape index (κ3) is 7.55. The van der Waals surface area contributed by atoms with Crippen molar-refractivity contribution in [2.75, 3.05) is 38.3 Å². The molecule has 1 aliphatic rings. The maximum Gasteiger partial charge on any atom is 0.191 e. The fraction of sp³-hybridized carbons (Fsp3) is 0.480. The van der Waals surface area contributed by atoms with Crippen LogP contribution >= 0.6 is 24.0 Å². The fourth-order valence-electron chi connectivity index (χ4n) is 3.87. The van der Waals surface area contributed by atoms with Gasteiger partial charge in [-0.05, 0) is 61.9 Å². The highest BCUT2D eigenvalue weighted by molar-refractivity contribution is 14.0. The van der Waals surface area contributed by atoms with E-state index in [1.165, 1.54) is 16.8 Å². The number of guanidine groups is 1. The number of ether oxygens (including phenoxy) is 1. The van der Waals surface area contributed by atoms with Gasteiger partial charge in [0.15, 0.2) is 5.96 Å². The van der Waals surface area contributed by atoms with Crippen molar-refractivity contribution in [3.63, 3.8) is 0 Å². The lowest BCUT2D eigenvalue weighted by atomic mass is 9.97. The van der Waals surface area contributed by atoms with Gasteiger partial charge in [-0.15, -0.1) is 24.0 Å². The third-order valence-electron chi connectivity index (χ3n) is 5.83. The van der Waals surface area contributed by atoms with Crippen LogP contribution in [0.2, 0.25) is 0 Å². The predicted octanol–water partition coefficient (Wildman–Crippen LogP) is 4.09. The van der Waals surface area contributed by atoms with Crippen LogP contribution in [0.5, 0.6) is 5.75 Å². The molecule has 0 bridgehead atoms. The quantitative estimate of drug-likeness (QED) is 0.262. The molecular weight excluding hydrogens is 515 g/mol. The molecule has 0 unspecified atom stereocenters. The fourth-order valence-corrected chi connectivity index (χ4v) is 3.87. The summed E-state index contributed by atoms with van der Waals surface area (Å²) in [7, 11) is 1.70. The number of hydrogen-bond donors (Lipinski definition) is 3. The van der Waals surface area contributed by atoms with Gasteiger partial charge in [-0.25, -0.2) is 4.99 Å². The number of hydrogen-bond acceptors (Lipinski definition) is 4. The molecule has 0 aromatic heterocycles. The van der Waals surface area contributed by atoms with Crippen LogP contribution in [0.25, 0.3) is 0 Å². The highest BCUT2D eigenvalue weighted by Gasteiger charge is 2.18. The highest BCUT2D eigenvalue weighted by Crippen LogP contribution is 2.23. The molecule has 176 valence electrons. The first-order chi connectivity index (χ1) is 15.1. The van der Waals surface area contributed by atoms with E-state index in [0.717, 1.165) is 49.7 Å². The minimum absolute atomic E-state index is 0. The van der Waals surface area contributed by atoms with Gasteiger partial charge in [-0.1, -0.05) is 24.3 Å². The number of nitrogens with zero attached hydrogens (tertiary/aromatic N) is 2. The van der Waals surface area contributed by atoms with Gasteiger partial charge in [0.1, 0.15) is 5.75 Å². The molecule has 0 radical (unpaired) electrons. The number of benzene rings is 2. The topological polar surface area (TPSA) is 69.1 Å². The SMILES string of the molecule is CCNC(=NCc1ccc(N2CCC(CO)CC2)cc1)NCc1ccc(C)cc1OC.I. The van der Waals surface area contributed by atoms with E-state index < -0.39 is 0 Å². The van der Waals surface area contributed by atoms with Gasteiger partial charge >= 0.3 is 0 Å². The zero-order chi connectivity index (χ0) is 22.1. The van der Waals surface area contributed by atoms with Crippen LogP contribution < -0.4 is 20.3 Å². The summed E-state index contributed by atoms with van der Waals surface area (Å²) in [6.07, 6.45) is 2.12. The molecule has 0 saturated carbocycles.